The molecule has 20 heavy (non-hydrogen) atoms. The van der Waals surface area contributed by atoms with E-state index in [1.807, 2.05) is 31.2 Å². The van der Waals surface area contributed by atoms with Crippen LogP contribution in [0.15, 0.2) is 24.3 Å². The van der Waals surface area contributed by atoms with E-state index in [0.717, 1.165) is 24.8 Å². The molecule has 1 aromatic carbocycles. The predicted molar refractivity (Wildman–Crippen MR) is 79.9 cm³/mol. The maximum Gasteiger partial charge on any atom is 0.315 e. The molecule has 110 valence electrons. The van der Waals surface area contributed by atoms with Gasteiger partial charge in [-0.3, -0.25) is 0 Å². The predicted octanol–water partition coefficient (Wildman–Crippen LogP) is 2.34. The van der Waals surface area contributed by atoms with Gasteiger partial charge in [-0.1, -0.05) is 23.7 Å². The summed E-state index contributed by atoms with van der Waals surface area (Å²) < 4.78 is 0. The van der Waals surface area contributed by atoms with Crippen molar-refractivity contribution in [3.63, 3.8) is 0 Å². The standard InChI is InChI=1S/C15H21ClN2O2/c1-15(10-19,12-4-5-12)18-14(20)17-9-8-11-2-6-13(16)7-3-11/h2-3,6-7,12,19H,4-5,8-10H2,1H3,(H2,17,18,20). The van der Waals surface area contributed by atoms with Gasteiger partial charge in [-0.2, -0.15) is 0 Å². The molecule has 4 nitrogen and oxygen atoms in total. The van der Waals surface area contributed by atoms with Crippen molar-refractivity contribution in [1.29, 1.82) is 0 Å². The van der Waals surface area contributed by atoms with Crippen molar-refractivity contribution in [1.82, 2.24) is 10.6 Å². The molecule has 1 aliphatic carbocycles. The van der Waals surface area contributed by atoms with Gasteiger partial charge in [-0.25, -0.2) is 4.79 Å². The molecule has 0 aliphatic heterocycles. The number of urea groups is 1. The fraction of sp³-hybridized carbons (Fsp3) is 0.533. The van der Waals surface area contributed by atoms with Crippen molar-refractivity contribution in [2.45, 2.75) is 31.7 Å². The molecule has 0 spiro atoms. The van der Waals surface area contributed by atoms with Gasteiger partial charge in [0.2, 0.25) is 0 Å². The molecule has 1 fully saturated rings. The van der Waals surface area contributed by atoms with Crippen LogP contribution in [0.3, 0.4) is 0 Å². The van der Waals surface area contributed by atoms with Crippen LogP contribution in [0.25, 0.3) is 0 Å². The molecule has 2 rings (SSSR count). The lowest BCUT2D eigenvalue weighted by atomic mass is 9.97. The lowest BCUT2D eigenvalue weighted by Gasteiger charge is -2.28. The Morgan fingerprint density at radius 3 is 2.60 bits per heavy atom. The number of carbonyl (C=O) groups is 1. The normalized spacial score (nSPS) is 17.4. The zero-order valence-electron chi connectivity index (χ0n) is 11.7. The third-order valence-electron chi connectivity index (χ3n) is 3.82. The van der Waals surface area contributed by atoms with E-state index < -0.39 is 5.54 Å². The first kappa shape index (κ1) is 15.1. The first-order valence-corrected chi connectivity index (χ1v) is 7.32. The van der Waals surface area contributed by atoms with Crippen molar-refractivity contribution in [3.05, 3.63) is 34.9 Å². The van der Waals surface area contributed by atoms with Gasteiger partial charge in [-0.15, -0.1) is 0 Å². The minimum absolute atomic E-state index is 0.0255. The summed E-state index contributed by atoms with van der Waals surface area (Å²) in [5, 5.41) is 15.8. The smallest absolute Gasteiger partial charge is 0.315 e. The highest BCUT2D eigenvalue weighted by molar-refractivity contribution is 6.30. The molecule has 3 N–H and O–H groups in total. The van der Waals surface area contributed by atoms with Crippen molar-refractivity contribution >= 4 is 17.6 Å². The zero-order chi connectivity index (χ0) is 14.6. The summed E-state index contributed by atoms with van der Waals surface area (Å²) in [7, 11) is 0. The van der Waals surface area contributed by atoms with E-state index in [1.165, 1.54) is 0 Å². The van der Waals surface area contributed by atoms with Crippen LogP contribution in [0, 0.1) is 5.92 Å². The summed E-state index contributed by atoms with van der Waals surface area (Å²) >= 11 is 5.82. The summed E-state index contributed by atoms with van der Waals surface area (Å²) in [6.07, 6.45) is 2.90. The van der Waals surface area contributed by atoms with E-state index in [-0.39, 0.29) is 12.6 Å². The third-order valence-corrected chi connectivity index (χ3v) is 4.07. The van der Waals surface area contributed by atoms with Crippen LogP contribution >= 0.6 is 11.6 Å². The van der Waals surface area contributed by atoms with Crippen molar-refractivity contribution < 1.29 is 9.90 Å². The molecule has 1 saturated carbocycles. The number of halogens is 1. The maximum absolute atomic E-state index is 11.8. The lowest BCUT2D eigenvalue weighted by molar-refractivity contribution is 0.155. The van der Waals surface area contributed by atoms with Crippen molar-refractivity contribution in [2.24, 2.45) is 5.92 Å². The molecule has 1 atom stereocenters. The van der Waals surface area contributed by atoms with E-state index in [2.05, 4.69) is 10.6 Å². The quantitative estimate of drug-likeness (QED) is 0.754. The molecular formula is C15H21ClN2O2. The number of carbonyl (C=O) groups excluding carboxylic acids is 1. The largest absolute Gasteiger partial charge is 0.394 e. The Morgan fingerprint density at radius 2 is 2.05 bits per heavy atom. The van der Waals surface area contributed by atoms with Crippen LogP contribution in [0.1, 0.15) is 25.3 Å². The number of rotatable bonds is 6. The van der Waals surface area contributed by atoms with Gasteiger partial charge in [0.25, 0.3) is 0 Å². The summed E-state index contributed by atoms with van der Waals surface area (Å²) in [6, 6.07) is 7.36. The number of hydrogen-bond acceptors (Lipinski definition) is 2. The molecule has 0 aromatic heterocycles. The first-order chi connectivity index (χ1) is 9.53. The van der Waals surface area contributed by atoms with E-state index in [9.17, 15) is 9.90 Å². The van der Waals surface area contributed by atoms with Gasteiger partial charge in [0, 0.05) is 11.6 Å². The number of amides is 2. The van der Waals surface area contributed by atoms with Crippen LogP contribution in [0.4, 0.5) is 4.79 Å². The Hall–Kier alpha value is -1.26. The van der Waals surface area contributed by atoms with Gasteiger partial charge < -0.3 is 15.7 Å². The monoisotopic (exact) mass is 296 g/mol. The van der Waals surface area contributed by atoms with Crippen LogP contribution in [0.5, 0.6) is 0 Å². The molecule has 1 unspecified atom stereocenters. The Balaban J connectivity index is 1.73. The Bertz CT molecular complexity index is 459. The number of benzene rings is 1. The average molecular weight is 297 g/mol. The van der Waals surface area contributed by atoms with E-state index in [4.69, 9.17) is 11.6 Å². The van der Waals surface area contributed by atoms with Crippen molar-refractivity contribution in [2.75, 3.05) is 13.2 Å². The van der Waals surface area contributed by atoms with E-state index in [0.29, 0.717) is 17.5 Å². The third kappa shape index (κ3) is 4.12. The highest BCUT2D eigenvalue weighted by Crippen LogP contribution is 2.39. The van der Waals surface area contributed by atoms with Gasteiger partial charge in [-0.05, 0) is 49.8 Å². The topological polar surface area (TPSA) is 61.4 Å². The van der Waals surface area contributed by atoms with Gasteiger partial charge in [0.15, 0.2) is 0 Å². The highest BCUT2D eigenvalue weighted by Gasteiger charge is 2.42. The second kappa shape index (κ2) is 6.46. The lowest BCUT2D eigenvalue weighted by Crippen LogP contribution is -2.54. The van der Waals surface area contributed by atoms with Gasteiger partial charge in [0.05, 0.1) is 12.1 Å². The highest BCUT2D eigenvalue weighted by atomic mass is 35.5. The maximum atomic E-state index is 11.8. The van der Waals surface area contributed by atoms with Gasteiger partial charge >= 0.3 is 6.03 Å². The molecule has 0 saturated heterocycles. The molecule has 0 radical (unpaired) electrons. The van der Waals surface area contributed by atoms with Crippen LogP contribution in [-0.4, -0.2) is 29.8 Å². The van der Waals surface area contributed by atoms with E-state index >= 15 is 0 Å². The molecular weight excluding hydrogens is 276 g/mol. The number of hydrogen-bond donors (Lipinski definition) is 3. The summed E-state index contributed by atoms with van der Waals surface area (Å²) in [4.78, 5) is 11.8. The van der Waals surface area contributed by atoms with Crippen LogP contribution in [-0.2, 0) is 6.42 Å². The SMILES string of the molecule is CC(CO)(NC(=O)NCCc1ccc(Cl)cc1)C1CC1. The second-order valence-electron chi connectivity index (χ2n) is 5.61. The second-order valence-corrected chi connectivity index (χ2v) is 6.04. The summed E-state index contributed by atoms with van der Waals surface area (Å²) in [5.41, 5.74) is 0.631. The van der Waals surface area contributed by atoms with Crippen molar-refractivity contribution in [3.8, 4) is 0 Å². The number of aliphatic hydroxyl groups excluding tert-OH is 1. The minimum atomic E-state index is -0.496. The molecule has 2 amide bonds. The summed E-state index contributed by atoms with van der Waals surface area (Å²) in [6.45, 7) is 2.42. The molecule has 0 heterocycles. The minimum Gasteiger partial charge on any atom is -0.394 e. The average Bonchev–Trinajstić information content (AvgIpc) is 3.25. The number of nitrogens with one attached hydrogen (secondary N) is 2. The van der Waals surface area contributed by atoms with Crippen LogP contribution < -0.4 is 10.6 Å². The van der Waals surface area contributed by atoms with E-state index in [1.54, 1.807) is 0 Å². The molecule has 0 bridgehead atoms. The molecule has 5 heteroatoms. The molecule has 1 aromatic rings. The summed E-state index contributed by atoms with van der Waals surface area (Å²) in [5.74, 6) is 0.398. The first-order valence-electron chi connectivity index (χ1n) is 6.95. The Kier molecular flexibility index (Phi) is 4.89. The fourth-order valence-corrected chi connectivity index (χ4v) is 2.39. The molecule has 1 aliphatic rings. The Morgan fingerprint density at radius 1 is 1.40 bits per heavy atom. The zero-order valence-corrected chi connectivity index (χ0v) is 12.4. The fourth-order valence-electron chi connectivity index (χ4n) is 2.27. The number of aliphatic hydroxyl groups is 1. The Labute approximate surface area is 124 Å². The van der Waals surface area contributed by atoms with Crippen LogP contribution in [0.2, 0.25) is 5.02 Å². The van der Waals surface area contributed by atoms with Gasteiger partial charge in [0.1, 0.15) is 0 Å².